The van der Waals surface area contributed by atoms with Gasteiger partial charge in [-0.05, 0) is 37.5 Å². The molecule has 0 saturated carbocycles. The summed E-state index contributed by atoms with van der Waals surface area (Å²) in [4.78, 5) is 64.9. The van der Waals surface area contributed by atoms with Gasteiger partial charge in [0, 0.05) is 30.7 Å². The number of fused-ring (bicyclic) bond motifs is 1. The number of carbonyl (C=O) groups is 4. The van der Waals surface area contributed by atoms with Crippen LogP contribution in [0.1, 0.15) is 25.3 Å². The van der Waals surface area contributed by atoms with Crippen molar-refractivity contribution in [1.29, 1.82) is 0 Å². The molecule has 4 atom stereocenters. The van der Waals surface area contributed by atoms with Gasteiger partial charge < -0.3 is 9.64 Å². The lowest BCUT2D eigenvalue weighted by Gasteiger charge is -2.22. The van der Waals surface area contributed by atoms with Gasteiger partial charge in [-0.25, -0.2) is 4.90 Å². The molecule has 0 N–H and O–H groups in total. The third-order valence-corrected chi connectivity index (χ3v) is 7.33. The first kappa shape index (κ1) is 24.4. The highest BCUT2D eigenvalue weighted by molar-refractivity contribution is 6.22. The summed E-state index contributed by atoms with van der Waals surface area (Å²) in [6.45, 7) is 3.55. The third-order valence-electron chi connectivity index (χ3n) is 7.33. The first-order valence-electron chi connectivity index (χ1n) is 12.1. The molecule has 2 aromatic rings. The Balaban J connectivity index is 1.30. The highest BCUT2D eigenvalue weighted by Gasteiger charge is 2.50. The van der Waals surface area contributed by atoms with Gasteiger partial charge in [0.2, 0.25) is 17.7 Å². The third kappa shape index (κ3) is 4.28. The number of carbonyl (C=O) groups excluding carboxylic acids is 4. The second kappa shape index (κ2) is 9.27. The Kier molecular flexibility index (Phi) is 6.10. The van der Waals surface area contributed by atoms with Crippen molar-refractivity contribution in [2.45, 2.75) is 26.7 Å². The second-order valence-corrected chi connectivity index (χ2v) is 9.72. The summed E-state index contributed by atoms with van der Waals surface area (Å²) in [5.74, 6) is -2.98. The number of nitro groups is 1. The minimum absolute atomic E-state index is 0.0227. The van der Waals surface area contributed by atoms with Gasteiger partial charge in [0.25, 0.3) is 5.69 Å². The molecule has 37 heavy (non-hydrogen) atoms. The first-order valence-corrected chi connectivity index (χ1v) is 12.1. The van der Waals surface area contributed by atoms with E-state index in [0.29, 0.717) is 23.4 Å². The van der Waals surface area contributed by atoms with E-state index in [0.717, 1.165) is 0 Å². The molecule has 2 fully saturated rings. The normalized spacial score (nSPS) is 25.0. The Hall–Kier alpha value is -4.34. The van der Waals surface area contributed by atoms with Crippen LogP contribution >= 0.6 is 0 Å². The van der Waals surface area contributed by atoms with Crippen molar-refractivity contribution in [3.63, 3.8) is 0 Å². The number of amides is 3. The van der Waals surface area contributed by atoms with Gasteiger partial charge in [-0.1, -0.05) is 31.2 Å². The van der Waals surface area contributed by atoms with Crippen LogP contribution in [0.5, 0.6) is 5.75 Å². The minimum atomic E-state index is -0.777. The van der Waals surface area contributed by atoms with Gasteiger partial charge in [-0.3, -0.25) is 29.3 Å². The lowest BCUT2D eigenvalue weighted by molar-refractivity contribution is -0.385. The van der Waals surface area contributed by atoms with Crippen molar-refractivity contribution in [3.8, 4) is 5.75 Å². The molecule has 0 bridgehead atoms. The Bertz CT molecular complexity index is 1370. The summed E-state index contributed by atoms with van der Waals surface area (Å²) < 4.78 is 5.53. The summed E-state index contributed by atoms with van der Waals surface area (Å²) in [6.07, 6.45) is 4.30. The maximum absolute atomic E-state index is 13.1. The zero-order valence-electron chi connectivity index (χ0n) is 20.3. The molecular weight excluding hydrogens is 478 g/mol. The fourth-order valence-corrected chi connectivity index (χ4v) is 5.36. The molecule has 0 radical (unpaired) electrons. The smallest absolute Gasteiger partial charge is 0.316 e. The predicted molar refractivity (Wildman–Crippen MR) is 133 cm³/mol. The van der Waals surface area contributed by atoms with E-state index in [1.807, 2.05) is 19.1 Å². The van der Waals surface area contributed by atoms with Crippen LogP contribution in [0.2, 0.25) is 0 Å². The maximum Gasteiger partial charge on any atom is 0.316 e. The molecule has 1 aliphatic carbocycles. The van der Waals surface area contributed by atoms with Gasteiger partial charge >= 0.3 is 5.97 Å². The molecule has 190 valence electrons. The number of anilines is 2. The fraction of sp³-hybridized carbons (Fsp3) is 0.333. The number of imide groups is 1. The number of benzene rings is 2. The number of allylic oxidation sites excluding steroid dienone is 2. The number of ether oxygens (including phenoxy) is 1. The Labute approximate surface area is 212 Å². The van der Waals surface area contributed by atoms with E-state index in [9.17, 15) is 29.3 Å². The molecule has 3 aliphatic rings. The first-order chi connectivity index (χ1) is 17.7. The van der Waals surface area contributed by atoms with Crippen molar-refractivity contribution in [2.24, 2.45) is 23.7 Å². The fourth-order valence-electron chi connectivity index (χ4n) is 5.36. The maximum atomic E-state index is 13.1. The number of nitro benzene ring substituents is 1. The molecule has 10 heteroatoms. The lowest BCUT2D eigenvalue weighted by atomic mass is 9.78. The second-order valence-electron chi connectivity index (χ2n) is 9.72. The highest BCUT2D eigenvalue weighted by Crippen LogP contribution is 2.41. The number of aryl methyl sites for hydroxylation is 1. The van der Waals surface area contributed by atoms with Crippen LogP contribution in [-0.4, -0.2) is 35.2 Å². The van der Waals surface area contributed by atoms with Crippen LogP contribution in [0.25, 0.3) is 0 Å². The van der Waals surface area contributed by atoms with Crippen molar-refractivity contribution in [2.75, 3.05) is 16.3 Å². The molecule has 3 amide bonds. The van der Waals surface area contributed by atoms with E-state index < -0.39 is 28.6 Å². The molecule has 0 spiro atoms. The Morgan fingerprint density at radius 3 is 2.59 bits per heavy atom. The monoisotopic (exact) mass is 503 g/mol. The number of nitrogens with zero attached hydrogens (tertiary/aromatic N) is 3. The summed E-state index contributed by atoms with van der Waals surface area (Å²) in [6, 6.07) is 10.7. The zero-order valence-corrected chi connectivity index (χ0v) is 20.3. The van der Waals surface area contributed by atoms with E-state index >= 15 is 0 Å². The molecule has 0 unspecified atom stereocenters. The quantitative estimate of drug-likeness (QED) is 0.152. The van der Waals surface area contributed by atoms with Crippen molar-refractivity contribution in [3.05, 3.63) is 70.3 Å². The standard InChI is InChI=1S/C27H25N3O7/c1-15-9-10-18(13-22(15)30(35)36)28-14-17(11-23(28)31)27(34)37-20-7-4-6-19(12-20)29-25(32)21-8-3-5-16(2)24(21)26(29)33/h3-7,9-10,12-13,16-17,21,24H,8,11,14H2,1-2H3/t16-,17-,21-,24-/m1/s1. The summed E-state index contributed by atoms with van der Waals surface area (Å²) in [5.41, 5.74) is 1.04. The number of hydrogen-bond donors (Lipinski definition) is 0. The van der Waals surface area contributed by atoms with Gasteiger partial charge in [0.1, 0.15) is 5.75 Å². The average molecular weight is 504 g/mol. The largest absolute Gasteiger partial charge is 0.426 e. The zero-order chi connectivity index (χ0) is 26.4. The topological polar surface area (TPSA) is 127 Å². The van der Waals surface area contributed by atoms with Crippen molar-refractivity contribution in [1.82, 2.24) is 0 Å². The van der Waals surface area contributed by atoms with Gasteiger partial charge in [0.15, 0.2) is 0 Å². The average Bonchev–Trinajstić information content (AvgIpc) is 3.37. The van der Waals surface area contributed by atoms with E-state index in [1.165, 1.54) is 21.9 Å². The number of hydrogen-bond acceptors (Lipinski definition) is 7. The SMILES string of the molecule is Cc1ccc(N2C[C@H](C(=O)Oc3cccc(N4C(=O)[C@@H]5[C@H](C)C=CC[C@H]5C4=O)c3)CC2=O)cc1[N+](=O)[O-]. The van der Waals surface area contributed by atoms with E-state index in [1.54, 1.807) is 37.3 Å². The molecule has 0 aromatic heterocycles. The van der Waals surface area contributed by atoms with Crippen LogP contribution in [0.3, 0.4) is 0 Å². The van der Waals surface area contributed by atoms with Crippen LogP contribution in [0, 0.1) is 40.7 Å². The molecule has 5 rings (SSSR count). The molecule has 2 heterocycles. The van der Waals surface area contributed by atoms with Gasteiger partial charge in [0.05, 0.1) is 34.1 Å². The van der Waals surface area contributed by atoms with Crippen LogP contribution in [0.4, 0.5) is 17.1 Å². The summed E-state index contributed by atoms with van der Waals surface area (Å²) >= 11 is 0. The molecule has 10 nitrogen and oxygen atoms in total. The summed E-state index contributed by atoms with van der Waals surface area (Å²) in [5, 5.41) is 11.3. The minimum Gasteiger partial charge on any atom is -0.426 e. The predicted octanol–water partition coefficient (Wildman–Crippen LogP) is 3.56. The van der Waals surface area contributed by atoms with Gasteiger partial charge in [-0.2, -0.15) is 0 Å². The van der Waals surface area contributed by atoms with E-state index in [2.05, 4.69) is 0 Å². The van der Waals surface area contributed by atoms with Crippen LogP contribution < -0.4 is 14.5 Å². The van der Waals surface area contributed by atoms with Crippen molar-refractivity contribution < 1.29 is 28.8 Å². The van der Waals surface area contributed by atoms with Gasteiger partial charge in [-0.15, -0.1) is 0 Å². The van der Waals surface area contributed by atoms with Crippen LogP contribution in [0.15, 0.2) is 54.6 Å². The van der Waals surface area contributed by atoms with Crippen LogP contribution in [-0.2, 0) is 19.2 Å². The molecule has 2 aliphatic heterocycles. The Morgan fingerprint density at radius 1 is 1.08 bits per heavy atom. The van der Waals surface area contributed by atoms with E-state index in [-0.39, 0.29) is 48.0 Å². The Morgan fingerprint density at radius 2 is 1.86 bits per heavy atom. The lowest BCUT2D eigenvalue weighted by Crippen LogP contribution is -2.31. The number of rotatable bonds is 5. The molecule has 2 saturated heterocycles. The highest BCUT2D eigenvalue weighted by atomic mass is 16.6. The number of esters is 1. The van der Waals surface area contributed by atoms with E-state index in [4.69, 9.17) is 4.74 Å². The van der Waals surface area contributed by atoms with Crippen molar-refractivity contribution >= 4 is 40.8 Å². The summed E-state index contributed by atoms with van der Waals surface area (Å²) in [7, 11) is 0. The molecule has 2 aromatic carbocycles. The molecular formula is C27H25N3O7.